The van der Waals surface area contributed by atoms with Crippen molar-refractivity contribution < 1.29 is 42.9 Å². The summed E-state index contributed by atoms with van der Waals surface area (Å²) < 4.78 is 22.5. The average molecular weight is 708 g/mol. The zero-order chi connectivity index (χ0) is 36.4. The summed E-state index contributed by atoms with van der Waals surface area (Å²) in [5.41, 5.74) is 1.19. The summed E-state index contributed by atoms with van der Waals surface area (Å²) in [7, 11) is 0. The van der Waals surface area contributed by atoms with Crippen LogP contribution in [-0.2, 0) is 25.6 Å². The Hall–Kier alpha value is -4.85. The fourth-order valence-electron chi connectivity index (χ4n) is 6.20. The lowest BCUT2D eigenvalue weighted by Gasteiger charge is -2.27. The molecule has 4 atom stereocenters. The van der Waals surface area contributed by atoms with Crippen molar-refractivity contribution in [2.75, 3.05) is 26.2 Å². The normalized spacial score (nSPS) is 18.9. The molecule has 51 heavy (non-hydrogen) atoms. The molecule has 2 aliphatic rings. The van der Waals surface area contributed by atoms with Gasteiger partial charge in [0.2, 0.25) is 11.8 Å². The number of nitrogens with zero attached hydrogens (tertiary/aromatic N) is 3. The number of piperidine rings is 1. The number of ether oxygens (including phenoxy) is 3. The number of benzene rings is 2. The highest BCUT2D eigenvalue weighted by atomic mass is 16.6. The lowest BCUT2D eigenvalue weighted by Crippen LogP contribution is -2.50. The van der Waals surface area contributed by atoms with Gasteiger partial charge in [-0.05, 0) is 77.0 Å². The van der Waals surface area contributed by atoms with Crippen molar-refractivity contribution in [2.24, 2.45) is 0 Å². The zero-order valence-electron chi connectivity index (χ0n) is 29.5. The van der Waals surface area contributed by atoms with Crippen LogP contribution in [0, 0.1) is 0 Å². The minimum atomic E-state index is -1.33. The molecule has 0 spiro atoms. The van der Waals surface area contributed by atoms with Crippen LogP contribution in [0.2, 0.25) is 0 Å². The van der Waals surface area contributed by atoms with Gasteiger partial charge in [0, 0.05) is 26.1 Å². The van der Waals surface area contributed by atoms with Crippen molar-refractivity contribution >= 4 is 35.3 Å². The van der Waals surface area contributed by atoms with Gasteiger partial charge in [-0.25, -0.2) is 19.4 Å². The minimum Gasteiger partial charge on any atom is -0.445 e. The van der Waals surface area contributed by atoms with Crippen molar-refractivity contribution in [1.82, 2.24) is 25.4 Å². The Labute approximate surface area is 297 Å². The largest absolute Gasteiger partial charge is 0.445 e. The van der Waals surface area contributed by atoms with E-state index in [1.807, 2.05) is 30.3 Å². The van der Waals surface area contributed by atoms with Gasteiger partial charge in [-0.1, -0.05) is 42.5 Å². The van der Waals surface area contributed by atoms with Crippen LogP contribution >= 0.6 is 0 Å². The van der Waals surface area contributed by atoms with Crippen molar-refractivity contribution in [3.8, 4) is 0 Å². The number of rotatable bonds is 12. The Balaban J connectivity index is 1.28. The third-order valence-corrected chi connectivity index (χ3v) is 8.77. The number of para-hydroxylation sites is 2. The first kappa shape index (κ1) is 37.4. The Morgan fingerprint density at radius 1 is 0.980 bits per heavy atom. The standard InChI is InChI=1S/C37H49N5O9/c1-37(2,3)51-34(45)38-19-11-10-17-28(31(43)33-40-27-16-8-9-18-30(27)50-33)39-32(44)29-22-26(49-35(46)41-20-12-5-13-21-41)23-42(29)36(47)48-24-25-14-6-4-7-15-25/h4,6-9,14-16,18,26,28-29,31,43H,5,10-13,17,19-24H2,1-3H3,(H,38,45)(H,39,44)/t26-,28+,29+,31?/m1/s1. The molecule has 0 bridgehead atoms. The van der Waals surface area contributed by atoms with E-state index in [0.717, 1.165) is 24.8 Å². The molecule has 3 heterocycles. The molecule has 2 saturated heterocycles. The average Bonchev–Trinajstić information content (AvgIpc) is 3.74. The first-order valence-electron chi connectivity index (χ1n) is 17.7. The minimum absolute atomic E-state index is 0.000856. The second-order valence-electron chi connectivity index (χ2n) is 14.0. The van der Waals surface area contributed by atoms with Crippen LogP contribution in [0.1, 0.15) is 83.3 Å². The van der Waals surface area contributed by atoms with E-state index in [1.165, 1.54) is 4.90 Å². The first-order chi connectivity index (χ1) is 24.5. The molecule has 0 radical (unpaired) electrons. The van der Waals surface area contributed by atoms with Crippen LogP contribution in [0.15, 0.2) is 59.0 Å². The molecule has 2 aliphatic heterocycles. The van der Waals surface area contributed by atoms with Crippen LogP contribution in [-0.4, -0.2) is 94.0 Å². The number of carbonyl (C=O) groups is 4. The Morgan fingerprint density at radius 3 is 2.43 bits per heavy atom. The number of amides is 4. The highest BCUT2D eigenvalue weighted by Gasteiger charge is 2.44. The number of aromatic nitrogens is 1. The maximum Gasteiger partial charge on any atom is 0.410 e. The summed E-state index contributed by atoms with van der Waals surface area (Å²) in [6.07, 6.45) is 0.422. The van der Waals surface area contributed by atoms with E-state index in [9.17, 15) is 24.3 Å². The van der Waals surface area contributed by atoms with Gasteiger partial charge in [0.05, 0.1) is 12.6 Å². The number of aliphatic hydroxyl groups is 1. The van der Waals surface area contributed by atoms with E-state index in [-0.39, 0.29) is 25.5 Å². The van der Waals surface area contributed by atoms with E-state index < -0.39 is 54.1 Å². The molecule has 0 saturated carbocycles. The summed E-state index contributed by atoms with van der Waals surface area (Å²) in [4.78, 5) is 59.9. The van der Waals surface area contributed by atoms with Gasteiger partial charge < -0.3 is 39.3 Å². The van der Waals surface area contributed by atoms with Crippen LogP contribution < -0.4 is 10.6 Å². The Bertz CT molecular complexity index is 1590. The summed E-state index contributed by atoms with van der Waals surface area (Å²) in [6, 6.07) is 14.4. The number of fused-ring (bicyclic) bond motifs is 1. The lowest BCUT2D eigenvalue weighted by molar-refractivity contribution is -0.127. The molecule has 3 aromatic rings. The highest BCUT2D eigenvalue weighted by molar-refractivity contribution is 5.87. The molecule has 0 aliphatic carbocycles. The fourth-order valence-corrected chi connectivity index (χ4v) is 6.20. The van der Waals surface area contributed by atoms with Gasteiger partial charge in [-0.15, -0.1) is 0 Å². The molecular weight excluding hydrogens is 658 g/mol. The fraction of sp³-hybridized carbons (Fsp3) is 0.541. The SMILES string of the molecule is CC(C)(C)OC(=O)NCCCC[C@H](NC(=O)[C@@H]1C[C@@H](OC(=O)N2CCCCC2)CN1C(=O)OCc1ccccc1)C(O)c1nc2ccccc2o1. The molecule has 14 heteroatoms. The molecule has 1 unspecified atom stereocenters. The molecular formula is C37H49N5O9. The van der Waals surface area contributed by atoms with Crippen molar-refractivity contribution in [3.63, 3.8) is 0 Å². The molecule has 1 aromatic heterocycles. The topological polar surface area (TPSA) is 173 Å². The van der Waals surface area contributed by atoms with E-state index in [1.54, 1.807) is 49.9 Å². The Kier molecular flexibility index (Phi) is 12.8. The van der Waals surface area contributed by atoms with Crippen LogP contribution in [0.5, 0.6) is 0 Å². The molecule has 2 aromatic carbocycles. The molecule has 5 rings (SSSR count). The predicted octanol–water partition coefficient (Wildman–Crippen LogP) is 5.44. The van der Waals surface area contributed by atoms with Gasteiger partial charge in [-0.3, -0.25) is 9.69 Å². The van der Waals surface area contributed by atoms with Crippen molar-refractivity contribution in [2.45, 2.75) is 102 Å². The zero-order valence-corrected chi connectivity index (χ0v) is 29.5. The highest BCUT2D eigenvalue weighted by Crippen LogP contribution is 2.27. The van der Waals surface area contributed by atoms with Crippen LogP contribution in [0.25, 0.3) is 11.1 Å². The molecule has 276 valence electrons. The van der Waals surface area contributed by atoms with Crippen LogP contribution in [0.4, 0.5) is 14.4 Å². The van der Waals surface area contributed by atoms with E-state index in [4.69, 9.17) is 18.6 Å². The summed E-state index contributed by atoms with van der Waals surface area (Å²) in [5, 5.41) is 17.2. The monoisotopic (exact) mass is 707 g/mol. The van der Waals surface area contributed by atoms with E-state index in [0.29, 0.717) is 50.0 Å². The third-order valence-electron chi connectivity index (χ3n) is 8.77. The quantitative estimate of drug-likeness (QED) is 0.163. The van der Waals surface area contributed by atoms with Crippen molar-refractivity contribution in [3.05, 3.63) is 66.1 Å². The number of alkyl carbamates (subject to hydrolysis) is 1. The summed E-state index contributed by atoms with van der Waals surface area (Å²) in [5.74, 6) is -0.512. The number of nitrogens with one attached hydrogen (secondary N) is 2. The smallest absolute Gasteiger partial charge is 0.410 e. The summed E-state index contributed by atoms with van der Waals surface area (Å²) in [6.45, 7) is 6.83. The predicted molar refractivity (Wildman–Crippen MR) is 186 cm³/mol. The van der Waals surface area contributed by atoms with Gasteiger partial charge in [-0.2, -0.15) is 0 Å². The first-order valence-corrected chi connectivity index (χ1v) is 17.7. The second-order valence-corrected chi connectivity index (χ2v) is 14.0. The maximum atomic E-state index is 14.0. The third kappa shape index (κ3) is 10.8. The number of unbranched alkanes of at least 4 members (excludes halogenated alkanes) is 1. The second kappa shape index (κ2) is 17.4. The number of likely N-dealkylation sites (tertiary alicyclic amines) is 2. The Morgan fingerprint density at radius 2 is 1.71 bits per heavy atom. The number of oxazole rings is 1. The van der Waals surface area contributed by atoms with Gasteiger partial charge in [0.1, 0.15) is 29.9 Å². The van der Waals surface area contributed by atoms with Crippen molar-refractivity contribution in [1.29, 1.82) is 0 Å². The van der Waals surface area contributed by atoms with Crippen LogP contribution in [0.3, 0.4) is 0 Å². The van der Waals surface area contributed by atoms with Gasteiger partial charge in [0.25, 0.3) is 0 Å². The number of hydrogen-bond acceptors (Lipinski definition) is 10. The van der Waals surface area contributed by atoms with Gasteiger partial charge in [0.15, 0.2) is 11.7 Å². The van der Waals surface area contributed by atoms with Gasteiger partial charge >= 0.3 is 18.3 Å². The lowest BCUT2D eigenvalue weighted by atomic mass is 10.0. The molecule has 3 N–H and O–H groups in total. The van der Waals surface area contributed by atoms with E-state index >= 15 is 0 Å². The molecule has 14 nitrogen and oxygen atoms in total. The summed E-state index contributed by atoms with van der Waals surface area (Å²) >= 11 is 0. The molecule has 4 amide bonds. The van der Waals surface area contributed by atoms with E-state index in [2.05, 4.69) is 15.6 Å². The maximum absolute atomic E-state index is 14.0. The number of aliphatic hydroxyl groups excluding tert-OH is 1. The number of hydrogen-bond donors (Lipinski definition) is 3. The molecule has 2 fully saturated rings. The number of carbonyl (C=O) groups excluding carboxylic acids is 4.